The average Bonchev–Trinajstić information content (AvgIpc) is 3.22. The standard InChI is InChI=1S/C32H33N3O5/c1-22-30(32(38)35(34(22)2)27-11-7-4-8-12-27)26-17-28(31(37)33-19-23-9-5-3-6-10-23)40-29(18-26)39-21-25-15-13-24(20-36)14-16-25/h3-17,26,29,36H,18-21H2,1-2H3,(H,33,37)/t26-,29+/m0/s1. The summed E-state index contributed by atoms with van der Waals surface area (Å²) < 4.78 is 15.6. The lowest BCUT2D eigenvalue weighted by Crippen LogP contribution is -2.33. The average molecular weight is 540 g/mol. The van der Waals surface area contributed by atoms with Gasteiger partial charge in [0.15, 0.2) is 5.76 Å². The Hall–Kier alpha value is -4.40. The zero-order chi connectivity index (χ0) is 28.1. The molecular weight excluding hydrogens is 506 g/mol. The predicted molar refractivity (Wildman–Crippen MR) is 152 cm³/mol. The van der Waals surface area contributed by atoms with E-state index in [0.717, 1.165) is 28.1 Å². The molecule has 8 nitrogen and oxygen atoms in total. The van der Waals surface area contributed by atoms with Gasteiger partial charge in [-0.2, -0.15) is 0 Å². The fourth-order valence-corrected chi connectivity index (χ4v) is 4.93. The summed E-state index contributed by atoms with van der Waals surface area (Å²) in [5, 5.41) is 12.2. The third-order valence-corrected chi connectivity index (χ3v) is 7.19. The highest BCUT2D eigenvalue weighted by molar-refractivity contribution is 5.91. The van der Waals surface area contributed by atoms with Crippen molar-refractivity contribution in [3.8, 4) is 5.69 Å². The zero-order valence-electron chi connectivity index (χ0n) is 22.6. The first-order chi connectivity index (χ1) is 19.4. The fraction of sp³-hybridized carbons (Fsp3) is 0.250. The summed E-state index contributed by atoms with van der Waals surface area (Å²) in [6.07, 6.45) is 1.36. The number of nitrogens with zero attached hydrogens (tertiary/aromatic N) is 2. The molecule has 0 saturated heterocycles. The summed E-state index contributed by atoms with van der Waals surface area (Å²) in [5.74, 6) is -0.634. The minimum absolute atomic E-state index is 0.0300. The summed E-state index contributed by atoms with van der Waals surface area (Å²) in [4.78, 5) is 27.0. The first-order valence-electron chi connectivity index (χ1n) is 13.3. The summed E-state index contributed by atoms with van der Waals surface area (Å²) in [7, 11) is 1.85. The van der Waals surface area contributed by atoms with Crippen LogP contribution in [-0.4, -0.2) is 26.7 Å². The molecule has 0 aliphatic carbocycles. The molecule has 2 atom stereocenters. The molecule has 3 aromatic carbocycles. The molecule has 2 heterocycles. The van der Waals surface area contributed by atoms with Crippen LogP contribution < -0.4 is 10.9 Å². The van der Waals surface area contributed by atoms with E-state index in [1.807, 2.05) is 104 Å². The topological polar surface area (TPSA) is 94.7 Å². The van der Waals surface area contributed by atoms with E-state index in [1.54, 1.807) is 10.8 Å². The van der Waals surface area contributed by atoms with Crippen LogP contribution in [-0.2, 0) is 41.1 Å². The third kappa shape index (κ3) is 5.93. The highest BCUT2D eigenvalue weighted by atomic mass is 16.7. The molecule has 40 heavy (non-hydrogen) atoms. The van der Waals surface area contributed by atoms with Crippen LogP contribution in [0.2, 0.25) is 0 Å². The molecule has 1 aliphatic rings. The lowest BCUT2D eigenvalue weighted by atomic mass is 9.93. The summed E-state index contributed by atoms with van der Waals surface area (Å²) in [5.41, 5.74) is 4.71. The number of aromatic nitrogens is 2. The lowest BCUT2D eigenvalue weighted by molar-refractivity contribution is -0.150. The lowest BCUT2D eigenvalue weighted by Gasteiger charge is -2.29. The normalized spacial score (nSPS) is 16.7. The maximum absolute atomic E-state index is 13.8. The van der Waals surface area contributed by atoms with Gasteiger partial charge in [0, 0.05) is 37.2 Å². The highest BCUT2D eigenvalue weighted by Gasteiger charge is 2.33. The van der Waals surface area contributed by atoms with Gasteiger partial charge in [0.25, 0.3) is 11.5 Å². The smallest absolute Gasteiger partial charge is 0.286 e. The van der Waals surface area contributed by atoms with Crippen LogP contribution in [0.15, 0.2) is 102 Å². The Labute approximate surface area is 233 Å². The Morgan fingerprint density at radius 1 is 0.975 bits per heavy atom. The van der Waals surface area contributed by atoms with Crippen molar-refractivity contribution in [1.82, 2.24) is 14.7 Å². The van der Waals surface area contributed by atoms with Crippen molar-refractivity contribution in [2.24, 2.45) is 7.05 Å². The molecule has 206 valence electrons. The van der Waals surface area contributed by atoms with Gasteiger partial charge in [0.2, 0.25) is 6.29 Å². The molecule has 0 unspecified atom stereocenters. The van der Waals surface area contributed by atoms with E-state index >= 15 is 0 Å². The van der Waals surface area contributed by atoms with Gasteiger partial charge in [-0.1, -0.05) is 72.8 Å². The predicted octanol–water partition coefficient (Wildman–Crippen LogP) is 4.22. The minimum atomic E-state index is -0.742. The molecule has 2 N–H and O–H groups in total. The van der Waals surface area contributed by atoms with Gasteiger partial charge in [-0.15, -0.1) is 0 Å². The van der Waals surface area contributed by atoms with Gasteiger partial charge < -0.3 is 19.9 Å². The van der Waals surface area contributed by atoms with Crippen molar-refractivity contribution in [3.63, 3.8) is 0 Å². The number of rotatable bonds is 9. The quantitative estimate of drug-likeness (QED) is 0.332. The van der Waals surface area contributed by atoms with Crippen LogP contribution in [0.25, 0.3) is 5.69 Å². The molecular formula is C32H33N3O5. The van der Waals surface area contributed by atoms with Crippen molar-refractivity contribution >= 4 is 5.91 Å². The van der Waals surface area contributed by atoms with E-state index in [2.05, 4.69) is 5.32 Å². The first-order valence-corrected chi connectivity index (χ1v) is 13.3. The number of para-hydroxylation sites is 1. The number of hydrogen-bond acceptors (Lipinski definition) is 5. The zero-order valence-corrected chi connectivity index (χ0v) is 22.6. The number of amides is 1. The Morgan fingerprint density at radius 3 is 2.30 bits per heavy atom. The molecule has 1 aromatic heterocycles. The number of aliphatic hydroxyl groups excluding tert-OH is 1. The second-order valence-electron chi connectivity index (χ2n) is 9.85. The Bertz CT molecular complexity index is 1540. The molecule has 1 amide bonds. The van der Waals surface area contributed by atoms with Crippen LogP contribution in [0.1, 0.15) is 40.3 Å². The molecule has 0 saturated carbocycles. The number of benzene rings is 3. The maximum atomic E-state index is 13.8. The second-order valence-corrected chi connectivity index (χ2v) is 9.85. The van der Waals surface area contributed by atoms with Gasteiger partial charge >= 0.3 is 0 Å². The Kier molecular flexibility index (Phi) is 8.28. The summed E-state index contributed by atoms with van der Waals surface area (Å²) in [6.45, 7) is 2.48. The van der Waals surface area contributed by atoms with Crippen LogP contribution in [0.5, 0.6) is 0 Å². The maximum Gasteiger partial charge on any atom is 0.286 e. The van der Waals surface area contributed by atoms with E-state index < -0.39 is 12.2 Å². The minimum Gasteiger partial charge on any atom is -0.459 e. The molecule has 1 aliphatic heterocycles. The number of nitrogens with one attached hydrogen (secondary N) is 1. The molecule has 4 aromatic rings. The van der Waals surface area contributed by atoms with Crippen molar-refractivity contribution in [1.29, 1.82) is 0 Å². The van der Waals surface area contributed by atoms with Crippen LogP contribution >= 0.6 is 0 Å². The van der Waals surface area contributed by atoms with Crippen molar-refractivity contribution in [2.75, 3.05) is 0 Å². The van der Waals surface area contributed by atoms with Crippen molar-refractivity contribution in [2.45, 2.75) is 45.3 Å². The third-order valence-electron chi connectivity index (χ3n) is 7.19. The molecule has 0 radical (unpaired) electrons. The van der Waals surface area contributed by atoms with Crippen molar-refractivity contribution in [3.05, 3.63) is 135 Å². The van der Waals surface area contributed by atoms with E-state index in [0.29, 0.717) is 18.5 Å². The number of hydrogen-bond donors (Lipinski definition) is 2. The number of aliphatic hydroxyl groups is 1. The molecule has 5 rings (SSSR count). The van der Waals surface area contributed by atoms with Gasteiger partial charge in [-0.05, 0) is 41.8 Å². The fourth-order valence-electron chi connectivity index (χ4n) is 4.93. The van der Waals surface area contributed by atoms with Gasteiger partial charge in [-0.3, -0.25) is 14.3 Å². The SMILES string of the molecule is Cc1c([C@H]2C=C(C(=O)NCc3ccccc3)O[C@@H](OCc3ccc(CO)cc3)C2)c(=O)n(-c2ccccc2)n1C. The summed E-state index contributed by atoms with van der Waals surface area (Å²) >= 11 is 0. The molecule has 0 bridgehead atoms. The Balaban J connectivity index is 1.43. The number of carbonyl (C=O) groups is 1. The molecule has 0 spiro atoms. The Morgan fingerprint density at radius 2 is 1.62 bits per heavy atom. The molecule has 8 heteroatoms. The first kappa shape index (κ1) is 27.2. The largest absolute Gasteiger partial charge is 0.459 e. The van der Waals surface area contributed by atoms with Gasteiger partial charge in [0.05, 0.1) is 18.9 Å². The van der Waals surface area contributed by atoms with E-state index in [9.17, 15) is 14.7 Å². The van der Waals surface area contributed by atoms with Gasteiger partial charge in [-0.25, -0.2) is 4.68 Å². The number of ether oxygens (including phenoxy) is 2. The second kappa shape index (κ2) is 12.2. The molecule has 0 fully saturated rings. The van der Waals surface area contributed by atoms with Crippen LogP contribution in [0, 0.1) is 6.92 Å². The van der Waals surface area contributed by atoms with E-state index in [-0.39, 0.29) is 30.4 Å². The summed E-state index contributed by atoms with van der Waals surface area (Å²) in [6, 6.07) is 26.6. The van der Waals surface area contributed by atoms with Crippen LogP contribution in [0.3, 0.4) is 0 Å². The van der Waals surface area contributed by atoms with Crippen LogP contribution in [0.4, 0.5) is 0 Å². The monoisotopic (exact) mass is 539 g/mol. The number of allylic oxidation sites excluding steroid dienone is 1. The van der Waals surface area contributed by atoms with Crippen molar-refractivity contribution < 1.29 is 19.4 Å². The van der Waals surface area contributed by atoms with E-state index in [1.165, 1.54) is 0 Å². The van der Waals surface area contributed by atoms with Gasteiger partial charge in [0.1, 0.15) is 0 Å². The number of carbonyl (C=O) groups excluding carboxylic acids is 1. The highest BCUT2D eigenvalue weighted by Crippen LogP contribution is 2.32. The van der Waals surface area contributed by atoms with E-state index in [4.69, 9.17) is 9.47 Å².